The zero-order valence-corrected chi connectivity index (χ0v) is 13.2. The summed E-state index contributed by atoms with van der Waals surface area (Å²) in [6.45, 7) is 6.72. The number of carbonyl (C=O) groups excluding carboxylic acids is 1. The second kappa shape index (κ2) is 6.80. The molecule has 0 aromatic carbocycles. The van der Waals surface area contributed by atoms with Gasteiger partial charge in [-0.2, -0.15) is 0 Å². The second-order valence-corrected chi connectivity index (χ2v) is 6.08. The maximum atomic E-state index is 11.8. The fourth-order valence-electron chi connectivity index (χ4n) is 1.64. The van der Waals surface area contributed by atoms with Gasteiger partial charge in [0, 0.05) is 13.0 Å². The van der Waals surface area contributed by atoms with Crippen LogP contribution in [-0.2, 0) is 17.8 Å². The number of amides is 1. The van der Waals surface area contributed by atoms with Gasteiger partial charge < -0.3 is 4.57 Å². The molecule has 0 atom stereocenters. The fourth-order valence-corrected chi connectivity index (χ4v) is 3.07. The summed E-state index contributed by atoms with van der Waals surface area (Å²) in [5, 5.41) is 20.8. The number of anilines is 1. The van der Waals surface area contributed by atoms with Crippen LogP contribution in [0, 0.1) is 6.92 Å². The minimum Gasteiger partial charge on any atom is -0.306 e. The molecule has 108 valence electrons. The zero-order valence-electron chi connectivity index (χ0n) is 11.6. The predicted molar refractivity (Wildman–Crippen MR) is 79.1 cm³/mol. The summed E-state index contributed by atoms with van der Waals surface area (Å²) in [5.74, 6) is 1.10. The van der Waals surface area contributed by atoms with Crippen molar-refractivity contribution in [3.05, 3.63) is 10.8 Å². The maximum Gasteiger partial charge on any atom is 0.236 e. The van der Waals surface area contributed by atoms with Crippen molar-refractivity contribution in [3.8, 4) is 0 Å². The number of nitrogens with zero attached hydrogens (tertiary/aromatic N) is 5. The van der Waals surface area contributed by atoms with Gasteiger partial charge in [-0.25, -0.2) is 0 Å². The molecule has 0 fully saturated rings. The standard InChI is InChI=1S/C11H16N6OS2/c1-4-8-14-16-11(17(8)5-2)19-6-9(18)12-10-15-13-7(3)20-10/h4-6H2,1-3H3,(H,12,15,18). The number of thioether (sulfide) groups is 1. The summed E-state index contributed by atoms with van der Waals surface area (Å²) in [5.41, 5.74) is 0. The lowest BCUT2D eigenvalue weighted by atomic mass is 10.4. The third-order valence-electron chi connectivity index (χ3n) is 2.53. The van der Waals surface area contributed by atoms with E-state index in [1.807, 2.05) is 25.3 Å². The second-order valence-electron chi connectivity index (χ2n) is 3.96. The van der Waals surface area contributed by atoms with Gasteiger partial charge in [-0.3, -0.25) is 10.1 Å². The highest BCUT2D eigenvalue weighted by molar-refractivity contribution is 7.99. The number of aromatic nitrogens is 5. The molecule has 0 aliphatic rings. The zero-order chi connectivity index (χ0) is 14.5. The molecule has 2 heterocycles. The first-order chi connectivity index (χ1) is 9.63. The SMILES string of the molecule is CCc1nnc(SCC(=O)Nc2nnc(C)s2)n1CC. The number of nitrogens with one attached hydrogen (secondary N) is 1. The number of hydrogen-bond acceptors (Lipinski definition) is 7. The smallest absolute Gasteiger partial charge is 0.236 e. The lowest BCUT2D eigenvalue weighted by molar-refractivity contribution is -0.113. The summed E-state index contributed by atoms with van der Waals surface area (Å²) < 4.78 is 2.02. The van der Waals surface area contributed by atoms with Crippen molar-refractivity contribution >= 4 is 34.1 Å². The van der Waals surface area contributed by atoms with Crippen molar-refractivity contribution in [2.75, 3.05) is 11.1 Å². The number of hydrogen-bond donors (Lipinski definition) is 1. The van der Waals surface area contributed by atoms with E-state index in [2.05, 4.69) is 25.7 Å². The molecule has 0 radical (unpaired) electrons. The van der Waals surface area contributed by atoms with Crippen molar-refractivity contribution in [3.63, 3.8) is 0 Å². The summed E-state index contributed by atoms with van der Waals surface area (Å²) in [6.07, 6.45) is 0.831. The number of aryl methyl sites for hydroxylation is 2. The molecule has 0 spiro atoms. The quantitative estimate of drug-likeness (QED) is 0.818. The molecule has 0 aliphatic heterocycles. The number of rotatable bonds is 6. The molecule has 9 heteroatoms. The Balaban J connectivity index is 1.91. The van der Waals surface area contributed by atoms with Crippen LogP contribution in [0.25, 0.3) is 0 Å². The van der Waals surface area contributed by atoms with Crippen molar-refractivity contribution in [2.45, 2.75) is 38.9 Å². The third kappa shape index (κ3) is 3.54. The van der Waals surface area contributed by atoms with Gasteiger partial charge in [0.05, 0.1) is 5.75 Å². The van der Waals surface area contributed by atoms with Gasteiger partial charge in [0.15, 0.2) is 5.16 Å². The molecule has 0 bridgehead atoms. The van der Waals surface area contributed by atoms with E-state index in [1.165, 1.54) is 23.1 Å². The van der Waals surface area contributed by atoms with E-state index < -0.39 is 0 Å². The highest BCUT2D eigenvalue weighted by Gasteiger charge is 2.12. The van der Waals surface area contributed by atoms with Gasteiger partial charge >= 0.3 is 0 Å². The molecule has 2 rings (SSSR count). The van der Waals surface area contributed by atoms with Crippen LogP contribution in [0.3, 0.4) is 0 Å². The molecule has 0 saturated heterocycles. The Morgan fingerprint density at radius 3 is 2.70 bits per heavy atom. The summed E-state index contributed by atoms with van der Waals surface area (Å²) in [6, 6.07) is 0. The predicted octanol–water partition coefficient (Wildman–Crippen LogP) is 1.75. The fraction of sp³-hybridized carbons (Fsp3) is 0.545. The van der Waals surface area contributed by atoms with E-state index in [1.54, 1.807) is 0 Å². The van der Waals surface area contributed by atoms with Crippen molar-refractivity contribution in [2.24, 2.45) is 0 Å². The topological polar surface area (TPSA) is 85.6 Å². The van der Waals surface area contributed by atoms with Crippen LogP contribution in [0.2, 0.25) is 0 Å². The van der Waals surface area contributed by atoms with Crippen LogP contribution in [0.5, 0.6) is 0 Å². The first-order valence-electron chi connectivity index (χ1n) is 6.28. The van der Waals surface area contributed by atoms with Crippen LogP contribution in [0.1, 0.15) is 24.7 Å². The Morgan fingerprint density at radius 2 is 2.10 bits per heavy atom. The number of carbonyl (C=O) groups is 1. The van der Waals surface area contributed by atoms with Crippen LogP contribution in [0.4, 0.5) is 5.13 Å². The minimum atomic E-state index is -0.116. The van der Waals surface area contributed by atoms with Gasteiger partial charge in [0.25, 0.3) is 0 Å². The van der Waals surface area contributed by atoms with E-state index in [0.29, 0.717) is 5.13 Å². The van der Waals surface area contributed by atoms with Crippen molar-refractivity contribution in [1.82, 2.24) is 25.0 Å². The van der Waals surface area contributed by atoms with E-state index >= 15 is 0 Å². The van der Waals surface area contributed by atoms with Gasteiger partial charge in [-0.05, 0) is 13.8 Å². The normalized spacial score (nSPS) is 10.8. The van der Waals surface area contributed by atoms with Gasteiger partial charge in [0.1, 0.15) is 10.8 Å². The first-order valence-corrected chi connectivity index (χ1v) is 8.09. The average Bonchev–Trinajstić information content (AvgIpc) is 3.01. The lowest BCUT2D eigenvalue weighted by Gasteiger charge is -2.05. The summed E-state index contributed by atoms with van der Waals surface area (Å²) in [4.78, 5) is 11.8. The highest BCUT2D eigenvalue weighted by atomic mass is 32.2. The molecule has 0 aliphatic carbocycles. The Morgan fingerprint density at radius 1 is 1.30 bits per heavy atom. The first kappa shape index (κ1) is 14.9. The van der Waals surface area contributed by atoms with E-state index in [9.17, 15) is 4.79 Å². The Labute approximate surface area is 125 Å². The monoisotopic (exact) mass is 312 g/mol. The van der Waals surface area contributed by atoms with Crippen LogP contribution in [0.15, 0.2) is 5.16 Å². The average molecular weight is 312 g/mol. The van der Waals surface area contributed by atoms with Gasteiger partial charge in [-0.15, -0.1) is 20.4 Å². The van der Waals surface area contributed by atoms with Crippen molar-refractivity contribution in [1.29, 1.82) is 0 Å². The summed E-state index contributed by atoms with van der Waals surface area (Å²) >= 11 is 2.73. The summed E-state index contributed by atoms with van der Waals surface area (Å²) in [7, 11) is 0. The largest absolute Gasteiger partial charge is 0.306 e. The molecule has 1 N–H and O–H groups in total. The molecule has 0 unspecified atom stereocenters. The molecule has 2 aromatic rings. The minimum absolute atomic E-state index is 0.116. The highest BCUT2D eigenvalue weighted by Crippen LogP contribution is 2.18. The van der Waals surface area contributed by atoms with E-state index in [4.69, 9.17) is 0 Å². The molecule has 20 heavy (non-hydrogen) atoms. The van der Waals surface area contributed by atoms with Crippen molar-refractivity contribution < 1.29 is 4.79 Å². The molecule has 7 nitrogen and oxygen atoms in total. The Bertz CT molecular complexity index is 594. The molecular weight excluding hydrogens is 296 g/mol. The maximum absolute atomic E-state index is 11.8. The molecule has 2 aromatic heterocycles. The molecular formula is C11H16N6OS2. The Hall–Kier alpha value is -1.48. The lowest BCUT2D eigenvalue weighted by Crippen LogP contribution is -2.14. The molecule has 0 saturated carbocycles. The van der Waals surface area contributed by atoms with Gasteiger partial charge in [0.2, 0.25) is 11.0 Å². The van der Waals surface area contributed by atoms with E-state index in [-0.39, 0.29) is 11.7 Å². The van der Waals surface area contributed by atoms with E-state index in [0.717, 1.165) is 29.0 Å². The molecule has 1 amide bonds. The Kier molecular flexibility index (Phi) is 5.07. The third-order valence-corrected chi connectivity index (χ3v) is 4.25. The van der Waals surface area contributed by atoms with Crippen LogP contribution in [-0.4, -0.2) is 36.6 Å². The van der Waals surface area contributed by atoms with Crippen LogP contribution >= 0.6 is 23.1 Å². The van der Waals surface area contributed by atoms with Crippen LogP contribution < -0.4 is 5.32 Å². The van der Waals surface area contributed by atoms with Gasteiger partial charge in [-0.1, -0.05) is 30.0 Å².